The van der Waals surface area contributed by atoms with Crippen LogP contribution in [0.5, 0.6) is 0 Å². The molecule has 4 rings (SSSR count). The number of para-hydroxylation sites is 1. The molecular formula is C25H25N3O. The molecule has 0 amide bonds. The van der Waals surface area contributed by atoms with E-state index in [1.807, 2.05) is 61.5 Å². The van der Waals surface area contributed by atoms with Crippen LogP contribution in [0.4, 0.5) is 0 Å². The van der Waals surface area contributed by atoms with Gasteiger partial charge in [-0.05, 0) is 62.2 Å². The highest BCUT2D eigenvalue weighted by atomic mass is 16.1. The maximum atomic E-state index is 13.4. The van der Waals surface area contributed by atoms with Gasteiger partial charge < -0.3 is 5.32 Å². The van der Waals surface area contributed by atoms with E-state index in [-0.39, 0.29) is 11.6 Å². The molecule has 1 atom stereocenters. The summed E-state index contributed by atoms with van der Waals surface area (Å²) in [6.07, 6.45) is 0.924. The first-order valence-electron chi connectivity index (χ1n) is 9.99. The molecule has 4 nitrogen and oxygen atoms in total. The molecule has 0 aliphatic carbocycles. The van der Waals surface area contributed by atoms with Crippen molar-refractivity contribution in [1.82, 2.24) is 14.9 Å². The normalized spacial score (nSPS) is 12.2. The first-order valence-corrected chi connectivity index (χ1v) is 9.99. The lowest BCUT2D eigenvalue weighted by Crippen LogP contribution is -2.31. The van der Waals surface area contributed by atoms with Crippen molar-refractivity contribution in [2.45, 2.75) is 26.3 Å². The molecule has 0 aliphatic rings. The Kier molecular flexibility index (Phi) is 5.54. The molecule has 0 fully saturated rings. The zero-order chi connectivity index (χ0) is 20.2. The van der Waals surface area contributed by atoms with Crippen molar-refractivity contribution in [3.05, 3.63) is 106 Å². The fourth-order valence-corrected chi connectivity index (χ4v) is 3.63. The van der Waals surface area contributed by atoms with E-state index in [1.54, 1.807) is 4.57 Å². The molecule has 4 heteroatoms. The zero-order valence-corrected chi connectivity index (χ0v) is 16.8. The molecule has 1 aromatic heterocycles. The van der Waals surface area contributed by atoms with E-state index in [9.17, 15) is 4.79 Å². The third-order valence-corrected chi connectivity index (χ3v) is 5.16. The van der Waals surface area contributed by atoms with Crippen LogP contribution < -0.4 is 10.9 Å². The average molecular weight is 383 g/mol. The fourth-order valence-electron chi connectivity index (χ4n) is 3.63. The molecule has 1 heterocycles. The van der Waals surface area contributed by atoms with Crippen molar-refractivity contribution in [3.63, 3.8) is 0 Å². The molecule has 0 bridgehead atoms. The Bertz CT molecular complexity index is 1180. The van der Waals surface area contributed by atoms with Crippen molar-refractivity contribution in [2.75, 3.05) is 6.54 Å². The molecule has 0 spiro atoms. The minimum absolute atomic E-state index is 0.0343. The quantitative estimate of drug-likeness (QED) is 0.530. The average Bonchev–Trinajstić information content (AvgIpc) is 2.74. The lowest BCUT2D eigenvalue weighted by atomic mass is 10.1. The van der Waals surface area contributed by atoms with Gasteiger partial charge in [-0.1, -0.05) is 54.6 Å². The van der Waals surface area contributed by atoms with Crippen LogP contribution in [0.15, 0.2) is 83.7 Å². The minimum atomic E-state index is -0.0727. The van der Waals surface area contributed by atoms with Gasteiger partial charge in [0, 0.05) is 0 Å². The molecule has 3 aromatic carbocycles. The maximum absolute atomic E-state index is 13.4. The molecule has 0 unspecified atom stereocenters. The second-order valence-corrected chi connectivity index (χ2v) is 7.38. The van der Waals surface area contributed by atoms with Crippen molar-refractivity contribution < 1.29 is 0 Å². The Morgan fingerprint density at radius 2 is 1.72 bits per heavy atom. The lowest BCUT2D eigenvalue weighted by Gasteiger charge is -2.20. The number of aromatic nitrogens is 2. The van der Waals surface area contributed by atoms with Gasteiger partial charge in [0.15, 0.2) is 0 Å². The van der Waals surface area contributed by atoms with Gasteiger partial charge >= 0.3 is 0 Å². The summed E-state index contributed by atoms with van der Waals surface area (Å²) in [5, 5.41) is 4.18. The van der Waals surface area contributed by atoms with Gasteiger partial charge in [-0.25, -0.2) is 4.98 Å². The number of rotatable bonds is 6. The van der Waals surface area contributed by atoms with E-state index < -0.39 is 0 Å². The fraction of sp³-hybridized carbons (Fsp3) is 0.200. The van der Waals surface area contributed by atoms with E-state index in [0.29, 0.717) is 5.39 Å². The number of hydrogen-bond donors (Lipinski definition) is 1. The Balaban J connectivity index is 1.72. The van der Waals surface area contributed by atoms with Gasteiger partial charge in [0.1, 0.15) is 5.82 Å². The van der Waals surface area contributed by atoms with Gasteiger partial charge in [-0.15, -0.1) is 0 Å². The molecule has 0 aliphatic heterocycles. The van der Waals surface area contributed by atoms with E-state index >= 15 is 0 Å². The zero-order valence-electron chi connectivity index (χ0n) is 16.8. The van der Waals surface area contributed by atoms with Crippen LogP contribution in [0.3, 0.4) is 0 Å². The highest BCUT2D eigenvalue weighted by molar-refractivity contribution is 5.77. The van der Waals surface area contributed by atoms with Crippen molar-refractivity contribution in [1.29, 1.82) is 0 Å². The second kappa shape index (κ2) is 8.41. The number of nitrogens with zero attached hydrogens (tertiary/aromatic N) is 2. The highest BCUT2D eigenvalue weighted by Crippen LogP contribution is 2.18. The maximum Gasteiger partial charge on any atom is 0.266 e. The molecule has 0 saturated heterocycles. The number of benzene rings is 3. The highest BCUT2D eigenvalue weighted by Gasteiger charge is 2.17. The first-order chi connectivity index (χ1) is 14.1. The van der Waals surface area contributed by atoms with Crippen molar-refractivity contribution in [2.24, 2.45) is 0 Å². The standard InChI is InChI=1S/C25H25N3O/c1-18-9-8-12-21(17-18)28-24(27-23-14-7-6-13-22(23)25(28)29)19(2)26-16-15-20-10-4-3-5-11-20/h3-14,17,19,26H,15-16H2,1-2H3/t19-/m0/s1. The van der Waals surface area contributed by atoms with Crippen LogP contribution in [0.1, 0.15) is 29.9 Å². The Morgan fingerprint density at radius 3 is 2.52 bits per heavy atom. The summed E-state index contributed by atoms with van der Waals surface area (Å²) in [7, 11) is 0. The van der Waals surface area contributed by atoms with Crippen LogP contribution in [0, 0.1) is 6.92 Å². The van der Waals surface area contributed by atoms with Crippen LogP contribution >= 0.6 is 0 Å². The molecule has 0 radical (unpaired) electrons. The predicted octanol–water partition coefficient (Wildman–Crippen LogP) is 4.59. The Labute approximate surface area is 170 Å². The second-order valence-electron chi connectivity index (χ2n) is 7.38. The summed E-state index contributed by atoms with van der Waals surface area (Å²) >= 11 is 0. The topological polar surface area (TPSA) is 46.9 Å². The van der Waals surface area contributed by atoms with Gasteiger partial charge in [0.25, 0.3) is 5.56 Å². The SMILES string of the molecule is Cc1cccc(-n2c([C@H](C)NCCc3ccccc3)nc3ccccc3c2=O)c1. The summed E-state index contributed by atoms with van der Waals surface area (Å²) in [4.78, 5) is 18.2. The predicted molar refractivity (Wildman–Crippen MR) is 119 cm³/mol. The lowest BCUT2D eigenvalue weighted by molar-refractivity contribution is 0.536. The number of hydrogen-bond acceptors (Lipinski definition) is 3. The third kappa shape index (κ3) is 4.13. The summed E-state index contributed by atoms with van der Waals surface area (Å²) in [5.41, 5.74) is 3.94. The van der Waals surface area contributed by atoms with Crippen LogP contribution in [0.2, 0.25) is 0 Å². The van der Waals surface area contributed by atoms with Crippen molar-refractivity contribution >= 4 is 10.9 Å². The van der Waals surface area contributed by atoms with E-state index in [4.69, 9.17) is 4.98 Å². The molecule has 29 heavy (non-hydrogen) atoms. The molecule has 0 saturated carbocycles. The third-order valence-electron chi connectivity index (χ3n) is 5.16. The molecule has 1 N–H and O–H groups in total. The number of aryl methyl sites for hydroxylation is 1. The smallest absolute Gasteiger partial charge is 0.266 e. The molecule has 4 aromatic rings. The van der Waals surface area contributed by atoms with Gasteiger partial charge in [-0.3, -0.25) is 9.36 Å². The van der Waals surface area contributed by atoms with Crippen LogP contribution in [-0.2, 0) is 6.42 Å². The van der Waals surface area contributed by atoms with Gasteiger partial charge in [-0.2, -0.15) is 0 Å². The van der Waals surface area contributed by atoms with Gasteiger partial charge in [0.05, 0.1) is 22.6 Å². The number of nitrogens with one attached hydrogen (secondary N) is 1. The largest absolute Gasteiger partial charge is 0.307 e. The first kappa shape index (κ1) is 19.1. The summed E-state index contributed by atoms with van der Waals surface area (Å²) < 4.78 is 1.75. The molecule has 146 valence electrons. The van der Waals surface area contributed by atoms with Crippen LogP contribution in [0.25, 0.3) is 16.6 Å². The Hall–Kier alpha value is -3.24. The molecular weight excluding hydrogens is 358 g/mol. The number of fused-ring (bicyclic) bond motifs is 1. The van der Waals surface area contributed by atoms with E-state index in [1.165, 1.54) is 5.56 Å². The van der Waals surface area contributed by atoms with E-state index in [2.05, 4.69) is 36.5 Å². The van der Waals surface area contributed by atoms with E-state index in [0.717, 1.165) is 35.6 Å². The van der Waals surface area contributed by atoms with Crippen LogP contribution in [-0.4, -0.2) is 16.1 Å². The summed E-state index contributed by atoms with van der Waals surface area (Å²) in [6, 6.07) is 25.9. The Morgan fingerprint density at radius 1 is 0.966 bits per heavy atom. The summed E-state index contributed by atoms with van der Waals surface area (Å²) in [6.45, 7) is 4.90. The summed E-state index contributed by atoms with van der Waals surface area (Å²) in [5.74, 6) is 0.729. The minimum Gasteiger partial charge on any atom is -0.307 e. The monoisotopic (exact) mass is 383 g/mol. The van der Waals surface area contributed by atoms with Gasteiger partial charge in [0.2, 0.25) is 0 Å². The van der Waals surface area contributed by atoms with Crippen molar-refractivity contribution in [3.8, 4) is 5.69 Å².